The molecular formula is C16H23BrF3N3O2. The van der Waals surface area contributed by atoms with Crippen LogP contribution in [0.5, 0.6) is 0 Å². The molecule has 0 bridgehead atoms. The van der Waals surface area contributed by atoms with Gasteiger partial charge < -0.3 is 10.1 Å². The molecule has 0 aliphatic heterocycles. The minimum Gasteiger partial charge on any atom is -0.379 e. The normalized spacial score (nSPS) is 16.3. The topological polar surface area (TPSA) is 56.1 Å². The Morgan fingerprint density at radius 1 is 1.40 bits per heavy atom. The van der Waals surface area contributed by atoms with Crippen molar-refractivity contribution in [1.82, 2.24) is 15.1 Å². The Morgan fingerprint density at radius 2 is 2.04 bits per heavy atom. The standard InChI is InChI=1S/C16H23BrF3N3O2/c1-9(2)25-8-4-7-21-15(24)10(3)23-13(11-5-6-11)12(17)14(22-23)16(18,19)20/h9-11H,4-8H2,1-3H3,(H,21,24). The van der Waals surface area contributed by atoms with Crippen LogP contribution in [0.25, 0.3) is 0 Å². The monoisotopic (exact) mass is 425 g/mol. The number of nitrogens with zero attached hydrogens (tertiary/aromatic N) is 2. The molecule has 0 saturated heterocycles. The first-order chi connectivity index (χ1) is 11.6. The second-order valence-electron chi connectivity index (χ2n) is 6.50. The molecule has 0 aromatic carbocycles. The number of ether oxygens (including phenoxy) is 1. The third kappa shape index (κ3) is 5.20. The predicted molar refractivity (Wildman–Crippen MR) is 90.3 cm³/mol. The average Bonchev–Trinajstić information content (AvgIpc) is 3.27. The molecule has 9 heteroatoms. The molecule has 142 valence electrons. The fourth-order valence-corrected chi connectivity index (χ4v) is 3.30. The number of aromatic nitrogens is 2. The summed E-state index contributed by atoms with van der Waals surface area (Å²) >= 11 is 3.03. The highest BCUT2D eigenvalue weighted by atomic mass is 79.9. The van der Waals surface area contributed by atoms with Crippen LogP contribution in [0.3, 0.4) is 0 Å². The molecule has 1 atom stereocenters. The molecule has 1 fully saturated rings. The number of amides is 1. The van der Waals surface area contributed by atoms with Crippen LogP contribution in [0.2, 0.25) is 0 Å². The molecule has 1 aromatic heterocycles. The average molecular weight is 426 g/mol. The van der Waals surface area contributed by atoms with Gasteiger partial charge in [-0.05, 0) is 56.0 Å². The smallest absolute Gasteiger partial charge is 0.379 e. The van der Waals surface area contributed by atoms with Gasteiger partial charge in [0.15, 0.2) is 5.69 Å². The van der Waals surface area contributed by atoms with Crippen LogP contribution < -0.4 is 5.32 Å². The third-order valence-electron chi connectivity index (χ3n) is 3.94. The van der Waals surface area contributed by atoms with E-state index in [1.807, 2.05) is 13.8 Å². The van der Waals surface area contributed by atoms with Crippen LogP contribution in [-0.4, -0.2) is 34.9 Å². The van der Waals surface area contributed by atoms with Gasteiger partial charge in [-0.25, -0.2) is 0 Å². The molecule has 1 aliphatic carbocycles. The third-order valence-corrected chi connectivity index (χ3v) is 4.72. The molecule has 1 aliphatic rings. The van der Waals surface area contributed by atoms with E-state index < -0.39 is 17.9 Å². The fourth-order valence-electron chi connectivity index (χ4n) is 2.49. The number of hydrogen-bond acceptors (Lipinski definition) is 3. The van der Waals surface area contributed by atoms with Gasteiger partial charge in [0.2, 0.25) is 5.91 Å². The number of rotatable bonds is 8. The number of hydrogen-bond donors (Lipinski definition) is 1. The van der Waals surface area contributed by atoms with Crippen molar-refractivity contribution >= 4 is 21.8 Å². The van der Waals surface area contributed by atoms with Crippen molar-refractivity contribution < 1.29 is 22.7 Å². The minimum atomic E-state index is -4.56. The molecule has 2 rings (SSSR count). The van der Waals surface area contributed by atoms with Gasteiger partial charge in [-0.15, -0.1) is 0 Å². The van der Waals surface area contributed by atoms with Gasteiger partial charge in [-0.1, -0.05) is 0 Å². The first-order valence-electron chi connectivity index (χ1n) is 8.37. The number of carbonyl (C=O) groups is 1. The number of halogens is 4. The lowest BCUT2D eigenvalue weighted by molar-refractivity contribution is -0.142. The van der Waals surface area contributed by atoms with E-state index in [4.69, 9.17) is 4.74 Å². The zero-order valence-corrected chi connectivity index (χ0v) is 16.1. The summed E-state index contributed by atoms with van der Waals surface area (Å²) in [6.07, 6.45) is -2.18. The van der Waals surface area contributed by atoms with Crippen LogP contribution in [0.15, 0.2) is 4.47 Å². The van der Waals surface area contributed by atoms with Crippen LogP contribution in [0, 0.1) is 0 Å². The van der Waals surface area contributed by atoms with E-state index in [1.54, 1.807) is 6.92 Å². The van der Waals surface area contributed by atoms with Crippen molar-refractivity contribution in [3.63, 3.8) is 0 Å². The van der Waals surface area contributed by atoms with Crippen molar-refractivity contribution in [3.05, 3.63) is 15.9 Å². The fraction of sp³-hybridized carbons (Fsp3) is 0.750. The molecule has 25 heavy (non-hydrogen) atoms. The van der Waals surface area contributed by atoms with Gasteiger partial charge in [0, 0.05) is 19.1 Å². The summed E-state index contributed by atoms with van der Waals surface area (Å²) in [5.41, 5.74) is -0.516. The maximum atomic E-state index is 13.1. The van der Waals surface area contributed by atoms with Gasteiger partial charge in [0.1, 0.15) is 6.04 Å². The van der Waals surface area contributed by atoms with Crippen LogP contribution in [-0.2, 0) is 15.7 Å². The highest BCUT2D eigenvalue weighted by molar-refractivity contribution is 9.10. The molecule has 0 radical (unpaired) electrons. The molecule has 1 saturated carbocycles. The zero-order valence-electron chi connectivity index (χ0n) is 14.5. The van der Waals surface area contributed by atoms with E-state index >= 15 is 0 Å². The van der Waals surface area contributed by atoms with E-state index in [0.717, 1.165) is 12.8 Å². The second kappa shape index (κ2) is 8.07. The lowest BCUT2D eigenvalue weighted by atomic mass is 10.2. The van der Waals surface area contributed by atoms with Gasteiger partial charge in [0.25, 0.3) is 0 Å². The molecule has 0 spiro atoms. The number of nitrogens with one attached hydrogen (secondary N) is 1. The molecule has 1 heterocycles. The van der Waals surface area contributed by atoms with Crippen molar-refractivity contribution in [2.24, 2.45) is 0 Å². The van der Waals surface area contributed by atoms with Crippen LogP contribution in [0.4, 0.5) is 13.2 Å². The Hall–Kier alpha value is -1.09. The Labute approximate surface area is 153 Å². The zero-order chi connectivity index (χ0) is 18.8. The Bertz CT molecular complexity index is 613. The van der Waals surface area contributed by atoms with E-state index in [0.29, 0.717) is 25.3 Å². The lowest BCUT2D eigenvalue weighted by Gasteiger charge is -2.16. The Balaban J connectivity index is 2.05. The maximum Gasteiger partial charge on any atom is 0.436 e. The lowest BCUT2D eigenvalue weighted by Crippen LogP contribution is -2.33. The van der Waals surface area contributed by atoms with Crippen LogP contribution in [0.1, 0.15) is 63.4 Å². The van der Waals surface area contributed by atoms with E-state index in [-0.39, 0.29) is 22.4 Å². The summed E-state index contributed by atoms with van der Waals surface area (Å²) in [5, 5.41) is 6.42. The molecule has 1 aromatic rings. The van der Waals surface area contributed by atoms with Gasteiger partial charge in [-0.3, -0.25) is 9.48 Å². The molecule has 1 amide bonds. The Kier molecular flexibility index (Phi) is 6.53. The van der Waals surface area contributed by atoms with Gasteiger partial charge >= 0.3 is 6.18 Å². The van der Waals surface area contributed by atoms with Crippen molar-refractivity contribution in [2.75, 3.05) is 13.2 Å². The first kappa shape index (κ1) is 20.2. The summed E-state index contributed by atoms with van der Waals surface area (Å²) in [6, 6.07) is -0.811. The summed E-state index contributed by atoms with van der Waals surface area (Å²) in [6.45, 7) is 6.33. The van der Waals surface area contributed by atoms with Crippen LogP contribution >= 0.6 is 15.9 Å². The van der Waals surface area contributed by atoms with E-state index in [2.05, 4.69) is 26.3 Å². The second-order valence-corrected chi connectivity index (χ2v) is 7.30. The summed E-state index contributed by atoms with van der Waals surface area (Å²) < 4.78 is 45.9. The quantitative estimate of drug-likeness (QED) is 0.639. The SMILES string of the molecule is CC(C)OCCCNC(=O)C(C)n1nc(C(F)(F)F)c(Br)c1C1CC1. The first-order valence-corrected chi connectivity index (χ1v) is 9.16. The largest absolute Gasteiger partial charge is 0.436 e. The highest BCUT2D eigenvalue weighted by Crippen LogP contribution is 2.47. The highest BCUT2D eigenvalue weighted by Gasteiger charge is 2.42. The number of alkyl halides is 3. The number of carbonyl (C=O) groups excluding carboxylic acids is 1. The minimum absolute atomic E-state index is 0.0210. The summed E-state index contributed by atoms with van der Waals surface area (Å²) in [5.74, 6) is -0.331. The van der Waals surface area contributed by atoms with E-state index in [9.17, 15) is 18.0 Å². The molecular weight excluding hydrogens is 403 g/mol. The molecule has 1 N–H and O–H groups in total. The maximum absolute atomic E-state index is 13.1. The van der Waals surface area contributed by atoms with E-state index in [1.165, 1.54) is 4.68 Å². The van der Waals surface area contributed by atoms with Crippen molar-refractivity contribution in [1.29, 1.82) is 0 Å². The Morgan fingerprint density at radius 3 is 2.56 bits per heavy atom. The summed E-state index contributed by atoms with van der Waals surface area (Å²) in [4.78, 5) is 12.3. The molecule has 5 nitrogen and oxygen atoms in total. The summed E-state index contributed by atoms with van der Waals surface area (Å²) in [7, 11) is 0. The van der Waals surface area contributed by atoms with Gasteiger partial charge in [0.05, 0.1) is 16.3 Å². The van der Waals surface area contributed by atoms with Crippen molar-refractivity contribution in [3.8, 4) is 0 Å². The molecule has 1 unspecified atom stereocenters. The van der Waals surface area contributed by atoms with Crippen molar-refractivity contribution in [2.45, 2.75) is 64.3 Å². The predicted octanol–water partition coefficient (Wildman–Crippen LogP) is 4.03. The van der Waals surface area contributed by atoms with Gasteiger partial charge in [-0.2, -0.15) is 18.3 Å².